The second-order valence-corrected chi connectivity index (χ2v) is 5.72. The molecule has 5 nitrogen and oxygen atoms in total. The number of β-amino-alcohol motifs (C(OH)–C–C–N with tert-alkyl or cyclic N) is 1. The summed E-state index contributed by atoms with van der Waals surface area (Å²) in [6, 6.07) is 0. The van der Waals surface area contributed by atoms with Crippen molar-refractivity contribution in [3.05, 3.63) is 0 Å². The van der Waals surface area contributed by atoms with Crippen LogP contribution in [0.1, 0.15) is 13.8 Å². The van der Waals surface area contributed by atoms with Gasteiger partial charge in [0, 0.05) is 46.4 Å². The lowest BCUT2D eigenvalue weighted by Gasteiger charge is -2.36. The Morgan fingerprint density at radius 1 is 1.00 bits per heavy atom. The summed E-state index contributed by atoms with van der Waals surface area (Å²) in [5, 5.41) is 9.89. The van der Waals surface area contributed by atoms with E-state index in [2.05, 4.69) is 23.6 Å². The molecule has 1 unspecified atom stereocenters. The Labute approximate surface area is 117 Å². The van der Waals surface area contributed by atoms with Gasteiger partial charge in [-0.15, -0.1) is 0 Å². The number of aliphatic hydroxyl groups is 1. The maximum atomic E-state index is 9.89. The second kappa shape index (κ2) is 9.66. The molecule has 0 aromatic carbocycles. The fraction of sp³-hybridized carbons (Fsp3) is 1.00. The summed E-state index contributed by atoms with van der Waals surface area (Å²) in [7, 11) is 1.65. The zero-order valence-corrected chi connectivity index (χ0v) is 12.7. The van der Waals surface area contributed by atoms with Gasteiger partial charge in [0.25, 0.3) is 0 Å². The number of ether oxygens (including phenoxy) is 2. The van der Waals surface area contributed by atoms with Gasteiger partial charge < -0.3 is 19.5 Å². The Morgan fingerprint density at radius 3 is 2.11 bits per heavy atom. The largest absolute Gasteiger partial charge is 0.389 e. The van der Waals surface area contributed by atoms with Crippen molar-refractivity contribution in [1.82, 2.24) is 9.80 Å². The number of methoxy groups -OCH3 is 1. The van der Waals surface area contributed by atoms with Crippen molar-refractivity contribution >= 4 is 0 Å². The molecule has 1 aliphatic heterocycles. The van der Waals surface area contributed by atoms with E-state index in [0.29, 0.717) is 26.4 Å². The van der Waals surface area contributed by atoms with E-state index in [1.165, 1.54) is 6.54 Å². The van der Waals surface area contributed by atoms with Crippen LogP contribution < -0.4 is 0 Å². The molecule has 1 saturated heterocycles. The zero-order valence-electron chi connectivity index (χ0n) is 12.7. The zero-order chi connectivity index (χ0) is 14.1. The third kappa shape index (κ3) is 7.84. The first-order valence-electron chi connectivity index (χ1n) is 7.31. The molecule has 0 aromatic rings. The fourth-order valence-electron chi connectivity index (χ4n) is 2.38. The monoisotopic (exact) mass is 274 g/mol. The number of piperazine rings is 1. The van der Waals surface area contributed by atoms with Crippen LogP contribution in [0.2, 0.25) is 0 Å². The molecule has 0 amide bonds. The summed E-state index contributed by atoms with van der Waals surface area (Å²) in [6.07, 6.45) is -0.395. The first kappa shape index (κ1) is 16.9. The van der Waals surface area contributed by atoms with Crippen molar-refractivity contribution in [2.24, 2.45) is 5.92 Å². The van der Waals surface area contributed by atoms with Crippen LogP contribution in [0.15, 0.2) is 0 Å². The van der Waals surface area contributed by atoms with E-state index in [4.69, 9.17) is 9.47 Å². The Balaban J connectivity index is 2.07. The Hall–Kier alpha value is -0.200. The Bertz CT molecular complexity index is 219. The predicted molar refractivity (Wildman–Crippen MR) is 76.4 cm³/mol. The first-order chi connectivity index (χ1) is 9.11. The molecule has 1 aliphatic rings. The van der Waals surface area contributed by atoms with E-state index in [9.17, 15) is 5.11 Å². The molecule has 1 N–H and O–H groups in total. The third-order valence-corrected chi connectivity index (χ3v) is 3.30. The quantitative estimate of drug-likeness (QED) is 0.612. The maximum absolute atomic E-state index is 9.89. The van der Waals surface area contributed by atoms with E-state index in [1.807, 2.05) is 0 Å². The molecule has 0 spiro atoms. The summed E-state index contributed by atoms with van der Waals surface area (Å²) in [5.41, 5.74) is 0. The molecule has 1 atom stereocenters. The van der Waals surface area contributed by atoms with Crippen LogP contribution in [0.25, 0.3) is 0 Å². The SMILES string of the molecule is COCCOCC(O)CN1CCN(CC(C)C)CC1. The topological polar surface area (TPSA) is 45.2 Å². The lowest BCUT2D eigenvalue weighted by molar-refractivity contribution is -0.00735. The summed E-state index contributed by atoms with van der Waals surface area (Å²) in [5.74, 6) is 0.728. The van der Waals surface area contributed by atoms with Crippen LogP contribution >= 0.6 is 0 Å². The molecule has 114 valence electrons. The summed E-state index contributed by atoms with van der Waals surface area (Å²) < 4.78 is 10.2. The first-order valence-corrected chi connectivity index (χ1v) is 7.31. The number of aliphatic hydroxyl groups excluding tert-OH is 1. The molecule has 0 bridgehead atoms. The summed E-state index contributed by atoms with van der Waals surface area (Å²) >= 11 is 0. The van der Waals surface area contributed by atoms with Gasteiger partial charge in [0.15, 0.2) is 0 Å². The smallest absolute Gasteiger partial charge is 0.0900 e. The van der Waals surface area contributed by atoms with Crippen molar-refractivity contribution in [3.63, 3.8) is 0 Å². The van der Waals surface area contributed by atoms with E-state index in [1.54, 1.807) is 7.11 Å². The van der Waals surface area contributed by atoms with Crippen molar-refractivity contribution in [2.45, 2.75) is 20.0 Å². The molecule has 1 rings (SSSR count). The van der Waals surface area contributed by atoms with Crippen molar-refractivity contribution in [3.8, 4) is 0 Å². The van der Waals surface area contributed by atoms with Gasteiger partial charge in [-0.2, -0.15) is 0 Å². The van der Waals surface area contributed by atoms with Gasteiger partial charge in [0.05, 0.1) is 25.9 Å². The second-order valence-electron chi connectivity index (χ2n) is 5.72. The van der Waals surface area contributed by atoms with Crippen LogP contribution in [0.4, 0.5) is 0 Å². The lowest BCUT2D eigenvalue weighted by atomic mass is 10.2. The van der Waals surface area contributed by atoms with E-state index >= 15 is 0 Å². The maximum Gasteiger partial charge on any atom is 0.0900 e. The molecular formula is C14H30N2O3. The Morgan fingerprint density at radius 2 is 1.58 bits per heavy atom. The lowest BCUT2D eigenvalue weighted by Crippen LogP contribution is -2.49. The minimum Gasteiger partial charge on any atom is -0.389 e. The number of hydrogen-bond donors (Lipinski definition) is 1. The number of nitrogens with zero attached hydrogens (tertiary/aromatic N) is 2. The molecular weight excluding hydrogens is 244 g/mol. The molecule has 19 heavy (non-hydrogen) atoms. The third-order valence-electron chi connectivity index (χ3n) is 3.30. The minimum absolute atomic E-state index is 0.395. The van der Waals surface area contributed by atoms with E-state index in [0.717, 1.165) is 32.1 Å². The van der Waals surface area contributed by atoms with Crippen LogP contribution in [0, 0.1) is 5.92 Å². The van der Waals surface area contributed by atoms with Crippen LogP contribution in [0.3, 0.4) is 0 Å². The van der Waals surface area contributed by atoms with Gasteiger partial charge in [-0.25, -0.2) is 0 Å². The highest BCUT2D eigenvalue weighted by Gasteiger charge is 2.19. The van der Waals surface area contributed by atoms with Crippen molar-refractivity contribution in [2.75, 3.05) is 66.2 Å². The van der Waals surface area contributed by atoms with Gasteiger partial charge in [-0.1, -0.05) is 13.8 Å². The highest BCUT2D eigenvalue weighted by atomic mass is 16.5. The summed E-state index contributed by atoms with van der Waals surface area (Å²) in [6.45, 7) is 12.2. The molecule has 0 saturated carbocycles. The van der Waals surface area contributed by atoms with Gasteiger partial charge in [-0.05, 0) is 5.92 Å². The Kier molecular flexibility index (Phi) is 8.57. The molecule has 0 aliphatic carbocycles. The molecule has 5 heteroatoms. The highest BCUT2D eigenvalue weighted by molar-refractivity contribution is 4.74. The number of rotatable bonds is 9. The van der Waals surface area contributed by atoms with Crippen LogP contribution in [-0.2, 0) is 9.47 Å². The van der Waals surface area contributed by atoms with Gasteiger partial charge in [0.1, 0.15) is 0 Å². The predicted octanol–water partition coefficient (Wildman–Crippen LogP) is 0.284. The minimum atomic E-state index is -0.395. The van der Waals surface area contributed by atoms with Gasteiger partial charge >= 0.3 is 0 Å². The average Bonchev–Trinajstić information content (AvgIpc) is 2.36. The van der Waals surface area contributed by atoms with E-state index in [-0.39, 0.29) is 0 Å². The van der Waals surface area contributed by atoms with Gasteiger partial charge in [0.2, 0.25) is 0 Å². The van der Waals surface area contributed by atoms with Crippen molar-refractivity contribution < 1.29 is 14.6 Å². The molecule has 1 heterocycles. The van der Waals surface area contributed by atoms with Crippen molar-refractivity contribution in [1.29, 1.82) is 0 Å². The van der Waals surface area contributed by atoms with E-state index < -0.39 is 6.10 Å². The van der Waals surface area contributed by atoms with Crippen LogP contribution in [-0.4, -0.2) is 87.2 Å². The standard InChI is InChI=1S/C14H30N2O3/c1-13(2)10-15-4-6-16(7-5-15)11-14(17)12-19-9-8-18-3/h13-14,17H,4-12H2,1-3H3. The summed E-state index contributed by atoms with van der Waals surface area (Å²) in [4.78, 5) is 4.82. The average molecular weight is 274 g/mol. The normalized spacial score (nSPS) is 20.1. The van der Waals surface area contributed by atoms with Crippen LogP contribution in [0.5, 0.6) is 0 Å². The fourth-order valence-corrected chi connectivity index (χ4v) is 2.38. The molecule has 0 aromatic heterocycles. The van der Waals surface area contributed by atoms with Gasteiger partial charge in [-0.3, -0.25) is 4.90 Å². The highest BCUT2D eigenvalue weighted by Crippen LogP contribution is 2.06. The molecule has 0 radical (unpaired) electrons. The molecule has 1 fully saturated rings. The number of hydrogen-bond acceptors (Lipinski definition) is 5.